The van der Waals surface area contributed by atoms with E-state index in [9.17, 15) is 4.79 Å². The third-order valence-electron chi connectivity index (χ3n) is 2.78. The first kappa shape index (κ1) is 13.5. The highest BCUT2D eigenvalue weighted by Gasteiger charge is 2.18. The third-order valence-corrected chi connectivity index (χ3v) is 2.78. The van der Waals surface area contributed by atoms with Crippen molar-refractivity contribution in [2.45, 2.75) is 51.7 Å². The van der Waals surface area contributed by atoms with Crippen LogP contribution in [0.5, 0.6) is 0 Å². The third kappa shape index (κ3) is 5.47. The Morgan fingerprint density at radius 1 is 1.56 bits per heavy atom. The summed E-state index contributed by atoms with van der Waals surface area (Å²) in [6, 6.07) is 0.547. The van der Waals surface area contributed by atoms with Crippen molar-refractivity contribution in [3.8, 4) is 0 Å². The lowest BCUT2D eigenvalue weighted by Crippen LogP contribution is -2.38. The van der Waals surface area contributed by atoms with Crippen LogP contribution in [-0.4, -0.2) is 37.9 Å². The number of carbonyl (C=O) groups is 1. The molecule has 0 bridgehead atoms. The molecule has 0 aromatic carbocycles. The van der Waals surface area contributed by atoms with Crippen molar-refractivity contribution < 1.29 is 14.3 Å². The zero-order valence-electron chi connectivity index (χ0n) is 10.3. The van der Waals surface area contributed by atoms with Gasteiger partial charge >= 0.3 is 5.97 Å². The number of carbonyl (C=O) groups excluding carboxylic acids is 1. The highest BCUT2D eigenvalue weighted by molar-refractivity contribution is 5.69. The number of nitrogens with one attached hydrogen (secondary N) is 1. The molecule has 2 atom stereocenters. The normalized spacial score (nSPS) is 25.4. The van der Waals surface area contributed by atoms with E-state index in [0.717, 1.165) is 32.4 Å². The molecule has 0 saturated carbocycles. The molecule has 1 N–H and O–H groups in total. The van der Waals surface area contributed by atoms with Gasteiger partial charge in [-0.3, -0.25) is 4.79 Å². The van der Waals surface area contributed by atoms with Crippen molar-refractivity contribution in [2.24, 2.45) is 0 Å². The first-order valence-corrected chi connectivity index (χ1v) is 6.23. The van der Waals surface area contributed by atoms with Crippen molar-refractivity contribution in [1.82, 2.24) is 5.32 Å². The Balaban J connectivity index is 2.00. The Kier molecular flexibility index (Phi) is 6.42. The Morgan fingerprint density at radius 3 is 3.06 bits per heavy atom. The van der Waals surface area contributed by atoms with Crippen molar-refractivity contribution in [2.75, 3.05) is 19.8 Å². The fourth-order valence-corrected chi connectivity index (χ4v) is 1.96. The van der Waals surface area contributed by atoms with Crippen LogP contribution in [-0.2, 0) is 14.3 Å². The van der Waals surface area contributed by atoms with Crippen LogP contribution in [0.25, 0.3) is 0 Å². The molecule has 0 aliphatic carbocycles. The highest BCUT2D eigenvalue weighted by Crippen LogP contribution is 2.12. The molecule has 16 heavy (non-hydrogen) atoms. The average molecular weight is 229 g/mol. The van der Waals surface area contributed by atoms with Crippen LogP contribution < -0.4 is 5.32 Å². The van der Waals surface area contributed by atoms with Crippen LogP contribution in [0.1, 0.15) is 39.5 Å². The van der Waals surface area contributed by atoms with Gasteiger partial charge < -0.3 is 14.8 Å². The van der Waals surface area contributed by atoms with Crippen molar-refractivity contribution >= 4 is 5.97 Å². The molecule has 1 saturated heterocycles. The molecule has 0 aromatic heterocycles. The summed E-state index contributed by atoms with van der Waals surface area (Å²) in [6.45, 7) is 6.14. The van der Waals surface area contributed by atoms with Gasteiger partial charge in [-0.2, -0.15) is 0 Å². The van der Waals surface area contributed by atoms with Gasteiger partial charge in [0.05, 0.1) is 12.7 Å². The standard InChI is InChI=1S/C12H23NO3/c1-3-15-12(14)5-4-7-13-11-6-8-16-10(2)9-11/h10-11,13H,3-9H2,1-2H3. The summed E-state index contributed by atoms with van der Waals surface area (Å²) in [6.07, 6.45) is 3.86. The van der Waals surface area contributed by atoms with E-state index in [1.165, 1.54) is 0 Å². The number of ether oxygens (including phenoxy) is 2. The van der Waals surface area contributed by atoms with Gasteiger partial charge in [-0.25, -0.2) is 0 Å². The van der Waals surface area contributed by atoms with Crippen LogP contribution in [0.4, 0.5) is 0 Å². The summed E-state index contributed by atoms with van der Waals surface area (Å²) in [5.74, 6) is -0.0929. The molecule has 1 aliphatic heterocycles. The fraction of sp³-hybridized carbons (Fsp3) is 0.917. The van der Waals surface area contributed by atoms with Gasteiger partial charge in [-0.05, 0) is 39.7 Å². The van der Waals surface area contributed by atoms with Gasteiger partial charge in [-0.1, -0.05) is 0 Å². The first-order valence-electron chi connectivity index (χ1n) is 6.23. The predicted octanol–water partition coefficient (Wildman–Crippen LogP) is 1.49. The molecule has 4 heteroatoms. The van der Waals surface area contributed by atoms with Gasteiger partial charge in [0.25, 0.3) is 0 Å². The van der Waals surface area contributed by atoms with E-state index in [1.54, 1.807) is 0 Å². The maximum atomic E-state index is 11.1. The van der Waals surface area contributed by atoms with E-state index in [0.29, 0.717) is 25.2 Å². The van der Waals surface area contributed by atoms with Crippen molar-refractivity contribution in [1.29, 1.82) is 0 Å². The lowest BCUT2D eigenvalue weighted by atomic mass is 10.0. The summed E-state index contributed by atoms with van der Waals surface area (Å²) >= 11 is 0. The number of rotatable bonds is 6. The molecule has 1 fully saturated rings. The smallest absolute Gasteiger partial charge is 0.305 e. The Labute approximate surface area is 97.7 Å². The molecule has 4 nitrogen and oxygen atoms in total. The SMILES string of the molecule is CCOC(=O)CCCNC1CCOC(C)C1. The molecule has 0 radical (unpaired) electrons. The molecule has 1 rings (SSSR count). The van der Waals surface area contributed by atoms with Crippen LogP contribution >= 0.6 is 0 Å². The van der Waals surface area contributed by atoms with Gasteiger partial charge in [0.1, 0.15) is 0 Å². The van der Waals surface area contributed by atoms with E-state index in [-0.39, 0.29) is 5.97 Å². The molecular weight excluding hydrogens is 206 g/mol. The van der Waals surface area contributed by atoms with E-state index >= 15 is 0 Å². The summed E-state index contributed by atoms with van der Waals surface area (Å²) < 4.78 is 10.3. The van der Waals surface area contributed by atoms with Crippen LogP contribution in [0.2, 0.25) is 0 Å². The lowest BCUT2D eigenvalue weighted by molar-refractivity contribution is -0.143. The molecule has 2 unspecified atom stereocenters. The first-order chi connectivity index (χ1) is 7.72. The Bertz CT molecular complexity index is 208. The minimum atomic E-state index is -0.0929. The lowest BCUT2D eigenvalue weighted by Gasteiger charge is -2.28. The Hall–Kier alpha value is -0.610. The topological polar surface area (TPSA) is 47.6 Å². The summed E-state index contributed by atoms with van der Waals surface area (Å²) in [5, 5.41) is 3.46. The monoisotopic (exact) mass is 229 g/mol. The van der Waals surface area contributed by atoms with Gasteiger partial charge in [-0.15, -0.1) is 0 Å². The summed E-state index contributed by atoms with van der Waals surface area (Å²) in [7, 11) is 0. The van der Waals surface area contributed by atoms with Crippen molar-refractivity contribution in [3.63, 3.8) is 0 Å². The quantitative estimate of drug-likeness (QED) is 0.553. The van der Waals surface area contributed by atoms with Crippen LogP contribution in [0.3, 0.4) is 0 Å². The molecule has 1 heterocycles. The molecule has 94 valence electrons. The number of hydrogen-bond donors (Lipinski definition) is 1. The zero-order valence-corrected chi connectivity index (χ0v) is 10.3. The summed E-state index contributed by atoms with van der Waals surface area (Å²) in [4.78, 5) is 11.1. The van der Waals surface area contributed by atoms with Gasteiger partial charge in [0.2, 0.25) is 0 Å². The average Bonchev–Trinajstić information content (AvgIpc) is 2.25. The second-order valence-electron chi connectivity index (χ2n) is 4.27. The molecule has 1 aliphatic rings. The Morgan fingerprint density at radius 2 is 2.38 bits per heavy atom. The van der Waals surface area contributed by atoms with E-state index in [1.807, 2.05) is 6.92 Å². The minimum Gasteiger partial charge on any atom is -0.466 e. The maximum absolute atomic E-state index is 11.1. The van der Waals surface area contributed by atoms with Gasteiger partial charge in [0, 0.05) is 19.1 Å². The van der Waals surface area contributed by atoms with E-state index in [4.69, 9.17) is 9.47 Å². The number of esters is 1. The maximum Gasteiger partial charge on any atom is 0.305 e. The second-order valence-corrected chi connectivity index (χ2v) is 4.27. The largest absolute Gasteiger partial charge is 0.466 e. The highest BCUT2D eigenvalue weighted by atomic mass is 16.5. The fourth-order valence-electron chi connectivity index (χ4n) is 1.96. The van der Waals surface area contributed by atoms with Crippen LogP contribution in [0, 0.1) is 0 Å². The summed E-state index contributed by atoms with van der Waals surface area (Å²) in [5.41, 5.74) is 0. The van der Waals surface area contributed by atoms with Crippen LogP contribution in [0.15, 0.2) is 0 Å². The number of hydrogen-bond acceptors (Lipinski definition) is 4. The second kappa shape index (κ2) is 7.63. The van der Waals surface area contributed by atoms with E-state index in [2.05, 4.69) is 12.2 Å². The molecule has 0 spiro atoms. The molecule has 0 amide bonds. The van der Waals surface area contributed by atoms with E-state index < -0.39 is 0 Å². The van der Waals surface area contributed by atoms with Crippen molar-refractivity contribution in [3.05, 3.63) is 0 Å². The minimum absolute atomic E-state index is 0.0929. The molecule has 0 aromatic rings. The zero-order chi connectivity index (χ0) is 11.8. The van der Waals surface area contributed by atoms with Gasteiger partial charge in [0.15, 0.2) is 0 Å². The predicted molar refractivity (Wildman–Crippen MR) is 62.3 cm³/mol. The molecular formula is C12H23NO3.